The summed E-state index contributed by atoms with van der Waals surface area (Å²) < 4.78 is 0. The van der Waals surface area contributed by atoms with Gasteiger partial charge in [-0.2, -0.15) is 0 Å². The Morgan fingerprint density at radius 3 is 2.33 bits per heavy atom. The standard InChI is InChI=1S/C18H10/c1-2-7-15-12-18-16(11-14(15)6-1)10-9-13-5-3-4-8-17(13)18/h1-3,5-7,9-12H. The third kappa shape index (κ3) is 1.32. The molecule has 0 heterocycles. The zero-order valence-electron chi connectivity index (χ0n) is 9.77. The first-order chi connectivity index (χ1) is 8.92. The molecule has 0 heteroatoms. The Balaban J connectivity index is 2.27. The first-order valence-corrected chi connectivity index (χ1v) is 6.05. The van der Waals surface area contributed by atoms with Gasteiger partial charge in [0.15, 0.2) is 0 Å². The van der Waals surface area contributed by atoms with E-state index in [1.807, 2.05) is 6.07 Å². The van der Waals surface area contributed by atoms with Gasteiger partial charge < -0.3 is 0 Å². The van der Waals surface area contributed by atoms with E-state index >= 15 is 0 Å². The minimum absolute atomic E-state index is 1.15. The molecule has 0 N–H and O–H groups in total. The summed E-state index contributed by atoms with van der Waals surface area (Å²) in [5, 5.41) is 7.44. The molecule has 4 aromatic carbocycles. The van der Waals surface area contributed by atoms with Crippen molar-refractivity contribution >= 4 is 32.3 Å². The number of fused-ring (bicyclic) bond motifs is 4. The molecule has 0 aromatic heterocycles. The second-order valence-electron chi connectivity index (χ2n) is 4.55. The first-order valence-electron chi connectivity index (χ1n) is 6.05. The normalized spacial score (nSPS) is 11.3. The van der Waals surface area contributed by atoms with Crippen LogP contribution in [0.4, 0.5) is 0 Å². The van der Waals surface area contributed by atoms with Gasteiger partial charge in [-0.15, -0.1) is 0 Å². The Morgan fingerprint density at radius 2 is 1.44 bits per heavy atom. The van der Waals surface area contributed by atoms with Gasteiger partial charge in [-0.3, -0.25) is 0 Å². The third-order valence-electron chi connectivity index (χ3n) is 3.46. The van der Waals surface area contributed by atoms with Crippen molar-refractivity contribution in [2.45, 2.75) is 0 Å². The molecule has 4 rings (SSSR count). The largest absolute Gasteiger partial charge is 0.0616 e. The van der Waals surface area contributed by atoms with Crippen molar-refractivity contribution in [2.24, 2.45) is 0 Å². The number of rotatable bonds is 0. The van der Waals surface area contributed by atoms with Crippen LogP contribution in [0.25, 0.3) is 32.3 Å². The molecule has 0 nitrogen and oxygen atoms in total. The van der Waals surface area contributed by atoms with Crippen LogP contribution in [0.15, 0.2) is 60.7 Å². The van der Waals surface area contributed by atoms with E-state index in [9.17, 15) is 0 Å². The van der Waals surface area contributed by atoms with E-state index < -0.39 is 0 Å². The average Bonchev–Trinajstić information content (AvgIpc) is 2.45. The molecule has 18 heavy (non-hydrogen) atoms. The van der Waals surface area contributed by atoms with Gasteiger partial charge >= 0.3 is 0 Å². The molecule has 0 aliphatic heterocycles. The molecule has 4 aromatic rings. The lowest BCUT2D eigenvalue weighted by Gasteiger charge is -2.05. The van der Waals surface area contributed by atoms with Crippen molar-refractivity contribution in [3.8, 4) is 0 Å². The maximum atomic E-state index is 3.23. The highest BCUT2D eigenvalue weighted by Crippen LogP contribution is 2.28. The van der Waals surface area contributed by atoms with E-state index in [0.717, 1.165) is 5.39 Å². The fourth-order valence-electron chi connectivity index (χ4n) is 2.55. The Kier molecular flexibility index (Phi) is 1.92. The van der Waals surface area contributed by atoms with E-state index in [0.29, 0.717) is 0 Å². The molecule has 0 aliphatic carbocycles. The van der Waals surface area contributed by atoms with Gasteiger partial charge in [-0.05, 0) is 56.6 Å². The summed E-state index contributed by atoms with van der Waals surface area (Å²) in [4.78, 5) is 0. The van der Waals surface area contributed by atoms with Crippen LogP contribution in [0, 0.1) is 12.1 Å². The fraction of sp³-hybridized carbons (Fsp3) is 0. The number of benzene rings is 4. The molecule has 0 bridgehead atoms. The summed E-state index contributed by atoms with van der Waals surface area (Å²) in [6.45, 7) is 0. The Bertz CT molecular complexity index is 866. The molecular weight excluding hydrogens is 216 g/mol. The van der Waals surface area contributed by atoms with Gasteiger partial charge in [0.25, 0.3) is 0 Å². The second kappa shape index (κ2) is 3.58. The van der Waals surface area contributed by atoms with Crippen molar-refractivity contribution < 1.29 is 0 Å². The Labute approximate surface area is 105 Å². The molecule has 82 valence electrons. The quantitative estimate of drug-likeness (QED) is 0.300. The van der Waals surface area contributed by atoms with Crippen LogP contribution in [-0.4, -0.2) is 0 Å². The molecule has 2 radical (unpaired) electrons. The summed E-state index contributed by atoms with van der Waals surface area (Å²) in [5.74, 6) is 0. The topological polar surface area (TPSA) is 0 Å². The van der Waals surface area contributed by atoms with Gasteiger partial charge in [-0.1, -0.05) is 48.5 Å². The monoisotopic (exact) mass is 226 g/mol. The van der Waals surface area contributed by atoms with Gasteiger partial charge in [-0.25, -0.2) is 0 Å². The number of hydrogen-bond acceptors (Lipinski definition) is 0. The highest BCUT2D eigenvalue weighted by molar-refractivity contribution is 6.11. The van der Waals surface area contributed by atoms with Gasteiger partial charge in [0, 0.05) is 0 Å². The Hall–Kier alpha value is -2.34. The van der Waals surface area contributed by atoms with Gasteiger partial charge in [0.1, 0.15) is 0 Å². The van der Waals surface area contributed by atoms with E-state index in [4.69, 9.17) is 0 Å². The summed E-state index contributed by atoms with van der Waals surface area (Å²) in [6, 6.07) is 27.6. The zero-order chi connectivity index (χ0) is 11.9. The highest BCUT2D eigenvalue weighted by Gasteiger charge is 2.02. The molecule has 0 unspecified atom stereocenters. The van der Waals surface area contributed by atoms with Crippen LogP contribution in [0.1, 0.15) is 0 Å². The molecule has 0 saturated heterocycles. The van der Waals surface area contributed by atoms with Crippen molar-refractivity contribution in [1.82, 2.24) is 0 Å². The summed E-state index contributed by atoms with van der Waals surface area (Å²) in [5.41, 5.74) is 0. The van der Waals surface area contributed by atoms with Gasteiger partial charge in [0.2, 0.25) is 0 Å². The van der Waals surface area contributed by atoms with Crippen molar-refractivity contribution in [1.29, 1.82) is 0 Å². The van der Waals surface area contributed by atoms with Crippen molar-refractivity contribution in [2.75, 3.05) is 0 Å². The van der Waals surface area contributed by atoms with E-state index in [2.05, 4.69) is 66.7 Å². The summed E-state index contributed by atoms with van der Waals surface area (Å²) in [6.07, 6.45) is 0. The fourth-order valence-corrected chi connectivity index (χ4v) is 2.55. The Morgan fingerprint density at radius 1 is 0.667 bits per heavy atom. The molecule has 0 saturated carbocycles. The summed E-state index contributed by atoms with van der Waals surface area (Å²) in [7, 11) is 0. The van der Waals surface area contributed by atoms with Gasteiger partial charge in [0.05, 0.1) is 0 Å². The first kappa shape index (κ1) is 9.67. The van der Waals surface area contributed by atoms with Crippen LogP contribution >= 0.6 is 0 Å². The molecule has 0 atom stereocenters. The van der Waals surface area contributed by atoms with Crippen LogP contribution < -0.4 is 0 Å². The van der Waals surface area contributed by atoms with Crippen LogP contribution in [0.3, 0.4) is 0 Å². The smallest absolute Gasteiger partial charge is 0.000763 e. The molecule has 0 aliphatic rings. The highest BCUT2D eigenvalue weighted by atomic mass is 14.1. The predicted octanol–water partition coefficient (Wildman–Crippen LogP) is 4.75. The lowest BCUT2D eigenvalue weighted by atomic mass is 9.98. The molecule has 0 fully saturated rings. The average molecular weight is 226 g/mol. The summed E-state index contributed by atoms with van der Waals surface area (Å²) >= 11 is 0. The van der Waals surface area contributed by atoms with Crippen LogP contribution in [-0.2, 0) is 0 Å². The van der Waals surface area contributed by atoms with E-state index in [1.165, 1.54) is 26.9 Å². The number of hydrogen-bond donors (Lipinski definition) is 0. The second-order valence-corrected chi connectivity index (χ2v) is 4.55. The van der Waals surface area contributed by atoms with Crippen LogP contribution in [0.2, 0.25) is 0 Å². The minimum Gasteiger partial charge on any atom is -0.0616 e. The minimum atomic E-state index is 1.15. The molecule has 0 amide bonds. The third-order valence-corrected chi connectivity index (χ3v) is 3.46. The lowest BCUT2D eigenvalue weighted by Crippen LogP contribution is -1.79. The zero-order valence-corrected chi connectivity index (χ0v) is 9.77. The lowest BCUT2D eigenvalue weighted by molar-refractivity contribution is 1.75. The van der Waals surface area contributed by atoms with Crippen molar-refractivity contribution in [3.63, 3.8) is 0 Å². The van der Waals surface area contributed by atoms with E-state index in [1.54, 1.807) is 0 Å². The predicted molar refractivity (Wildman–Crippen MR) is 76.6 cm³/mol. The maximum Gasteiger partial charge on any atom is -0.000763 e. The SMILES string of the molecule is [c]1[c]c2c(cc1)ccc1cc3ccccc3cc12. The molecular formula is C18H10. The van der Waals surface area contributed by atoms with E-state index in [-0.39, 0.29) is 0 Å². The van der Waals surface area contributed by atoms with Crippen molar-refractivity contribution in [3.05, 3.63) is 72.8 Å². The van der Waals surface area contributed by atoms with Crippen LogP contribution in [0.5, 0.6) is 0 Å². The maximum absolute atomic E-state index is 3.23. The molecule has 0 spiro atoms.